The number of rotatable bonds is 8. The van der Waals surface area contributed by atoms with Gasteiger partial charge in [0.15, 0.2) is 0 Å². The molecule has 1 aromatic carbocycles. The molecule has 0 radical (unpaired) electrons. The summed E-state index contributed by atoms with van der Waals surface area (Å²) in [7, 11) is 1.57. The zero-order chi connectivity index (χ0) is 15.0. The molecule has 0 heterocycles. The predicted molar refractivity (Wildman–Crippen MR) is 81.5 cm³/mol. The van der Waals surface area contributed by atoms with E-state index in [0.29, 0.717) is 13.0 Å². The molecule has 0 aliphatic carbocycles. The van der Waals surface area contributed by atoms with E-state index in [-0.39, 0.29) is 17.6 Å². The summed E-state index contributed by atoms with van der Waals surface area (Å²) in [5, 5.41) is 3.05. The van der Waals surface area contributed by atoms with Gasteiger partial charge in [-0.2, -0.15) is 0 Å². The predicted octanol–water partition coefficient (Wildman–Crippen LogP) is 1.88. The van der Waals surface area contributed by atoms with E-state index >= 15 is 0 Å². The third-order valence-corrected chi connectivity index (χ3v) is 3.37. The highest BCUT2D eigenvalue weighted by atomic mass is 16.5. The molecule has 1 rings (SSSR count). The molecule has 1 amide bonds. The minimum atomic E-state index is -0.236. The molecule has 4 heteroatoms. The number of amides is 1. The smallest absolute Gasteiger partial charge is 0.223 e. The van der Waals surface area contributed by atoms with Crippen molar-refractivity contribution < 1.29 is 9.53 Å². The second-order valence-corrected chi connectivity index (χ2v) is 5.72. The van der Waals surface area contributed by atoms with E-state index < -0.39 is 0 Å². The van der Waals surface area contributed by atoms with Gasteiger partial charge >= 0.3 is 0 Å². The standard InChI is InChI=1S/C16H26N2O2/c1-16(2,10-9-13-7-5-4-6-8-13)18-15(19)11-14(12-17)20-3/h4-8,14H,9-12,17H2,1-3H3,(H,18,19). The van der Waals surface area contributed by atoms with Crippen LogP contribution < -0.4 is 11.1 Å². The molecule has 0 bridgehead atoms. The summed E-state index contributed by atoms with van der Waals surface area (Å²) in [5.74, 6) is -0.0136. The van der Waals surface area contributed by atoms with Gasteiger partial charge in [0.1, 0.15) is 0 Å². The van der Waals surface area contributed by atoms with Gasteiger partial charge in [-0.05, 0) is 32.3 Å². The van der Waals surface area contributed by atoms with Gasteiger partial charge < -0.3 is 15.8 Å². The highest BCUT2D eigenvalue weighted by Gasteiger charge is 2.21. The molecule has 0 spiro atoms. The zero-order valence-electron chi connectivity index (χ0n) is 12.7. The molecule has 1 unspecified atom stereocenters. The number of benzene rings is 1. The van der Waals surface area contributed by atoms with Crippen molar-refractivity contribution >= 4 is 5.91 Å². The van der Waals surface area contributed by atoms with E-state index in [1.54, 1.807) is 7.11 Å². The van der Waals surface area contributed by atoms with Crippen molar-refractivity contribution in [1.29, 1.82) is 0 Å². The molecule has 4 nitrogen and oxygen atoms in total. The number of nitrogens with two attached hydrogens (primary N) is 1. The Morgan fingerprint density at radius 1 is 1.35 bits per heavy atom. The Morgan fingerprint density at radius 2 is 2.00 bits per heavy atom. The average Bonchev–Trinajstić information content (AvgIpc) is 2.43. The van der Waals surface area contributed by atoms with Crippen LogP contribution in [0.3, 0.4) is 0 Å². The first kappa shape index (κ1) is 16.7. The van der Waals surface area contributed by atoms with Crippen LogP contribution in [0.1, 0.15) is 32.3 Å². The molecular formula is C16H26N2O2. The second kappa shape index (κ2) is 8.02. The summed E-state index contributed by atoms with van der Waals surface area (Å²) in [4.78, 5) is 12.0. The third-order valence-electron chi connectivity index (χ3n) is 3.37. The van der Waals surface area contributed by atoms with Crippen molar-refractivity contribution in [3.05, 3.63) is 35.9 Å². The lowest BCUT2D eigenvalue weighted by molar-refractivity contribution is -0.125. The monoisotopic (exact) mass is 278 g/mol. The van der Waals surface area contributed by atoms with Crippen LogP contribution in [0.25, 0.3) is 0 Å². The molecule has 0 saturated carbocycles. The van der Waals surface area contributed by atoms with E-state index in [1.165, 1.54) is 5.56 Å². The Morgan fingerprint density at radius 3 is 2.55 bits per heavy atom. The molecule has 3 N–H and O–H groups in total. The van der Waals surface area contributed by atoms with Crippen molar-refractivity contribution in [1.82, 2.24) is 5.32 Å². The lowest BCUT2D eigenvalue weighted by atomic mass is 9.95. The largest absolute Gasteiger partial charge is 0.380 e. The summed E-state index contributed by atoms with van der Waals surface area (Å²) >= 11 is 0. The van der Waals surface area contributed by atoms with Crippen molar-refractivity contribution in [2.45, 2.75) is 44.8 Å². The van der Waals surface area contributed by atoms with E-state index in [1.807, 2.05) is 32.0 Å². The highest BCUT2D eigenvalue weighted by molar-refractivity contribution is 5.77. The number of nitrogens with one attached hydrogen (secondary N) is 1. The normalized spacial score (nSPS) is 13.0. The van der Waals surface area contributed by atoms with Gasteiger partial charge in [0.2, 0.25) is 5.91 Å². The lowest BCUT2D eigenvalue weighted by Gasteiger charge is -2.27. The molecular weight excluding hydrogens is 252 g/mol. The van der Waals surface area contributed by atoms with Crippen LogP contribution in [-0.4, -0.2) is 31.2 Å². The summed E-state index contributed by atoms with van der Waals surface area (Å²) in [5.41, 5.74) is 6.57. The molecule has 0 saturated heterocycles. The molecule has 0 aliphatic rings. The molecule has 1 atom stereocenters. The number of hydrogen-bond donors (Lipinski definition) is 2. The Labute approximate surface area is 121 Å². The maximum Gasteiger partial charge on any atom is 0.223 e. The Kier molecular flexibility index (Phi) is 6.68. The first-order valence-electron chi connectivity index (χ1n) is 7.04. The molecule has 0 aromatic heterocycles. The van der Waals surface area contributed by atoms with Crippen LogP contribution in [0.4, 0.5) is 0 Å². The molecule has 20 heavy (non-hydrogen) atoms. The Bertz CT molecular complexity index is 400. The summed E-state index contributed by atoms with van der Waals surface area (Å²) in [6.45, 7) is 4.44. The van der Waals surface area contributed by atoms with Gasteiger partial charge in [-0.15, -0.1) is 0 Å². The number of ether oxygens (including phenoxy) is 1. The van der Waals surface area contributed by atoms with Crippen LogP contribution in [0.2, 0.25) is 0 Å². The van der Waals surface area contributed by atoms with Crippen LogP contribution in [0, 0.1) is 0 Å². The Hall–Kier alpha value is -1.39. The second-order valence-electron chi connectivity index (χ2n) is 5.72. The fraction of sp³-hybridized carbons (Fsp3) is 0.562. The fourth-order valence-electron chi connectivity index (χ4n) is 2.06. The number of carbonyl (C=O) groups is 1. The van der Waals surface area contributed by atoms with Gasteiger partial charge in [-0.25, -0.2) is 0 Å². The first-order chi connectivity index (χ1) is 9.46. The Balaban J connectivity index is 2.42. The van der Waals surface area contributed by atoms with Gasteiger partial charge in [-0.3, -0.25) is 4.79 Å². The van der Waals surface area contributed by atoms with Gasteiger partial charge in [0.05, 0.1) is 12.5 Å². The maximum atomic E-state index is 12.0. The van der Waals surface area contributed by atoms with Crippen molar-refractivity contribution in [2.24, 2.45) is 5.73 Å². The summed E-state index contributed by atoms with van der Waals surface area (Å²) in [6, 6.07) is 10.3. The first-order valence-corrected chi connectivity index (χ1v) is 7.04. The molecule has 1 aromatic rings. The number of hydrogen-bond acceptors (Lipinski definition) is 3. The van der Waals surface area contributed by atoms with Gasteiger partial charge in [0, 0.05) is 19.2 Å². The van der Waals surface area contributed by atoms with E-state index in [4.69, 9.17) is 10.5 Å². The van der Waals surface area contributed by atoms with Crippen LogP contribution in [0.15, 0.2) is 30.3 Å². The zero-order valence-corrected chi connectivity index (χ0v) is 12.7. The molecule has 0 fully saturated rings. The quantitative estimate of drug-likeness (QED) is 0.763. The van der Waals surface area contributed by atoms with Crippen molar-refractivity contribution in [3.63, 3.8) is 0 Å². The van der Waals surface area contributed by atoms with Crippen molar-refractivity contribution in [3.8, 4) is 0 Å². The van der Waals surface area contributed by atoms with Crippen molar-refractivity contribution in [2.75, 3.05) is 13.7 Å². The number of aryl methyl sites for hydroxylation is 1. The minimum Gasteiger partial charge on any atom is -0.380 e. The van der Waals surface area contributed by atoms with Gasteiger partial charge in [-0.1, -0.05) is 30.3 Å². The number of methoxy groups -OCH3 is 1. The summed E-state index contributed by atoms with van der Waals surface area (Å²) < 4.78 is 5.13. The van der Waals surface area contributed by atoms with Crippen LogP contribution >= 0.6 is 0 Å². The average molecular weight is 278 g/mol. The fourth-order valence-corrected chi connectivity index (χ4v) is 2.06. The number of carbonyl (C=O) groups excluding carboxylic acids is 1. The van der Waals surface area contributed by atoms with Crippen LogP contribution in [-0.2, 0) is 16.0 Å². The van der Waals surface area contributed by atoms with Crippen LogP contribution in [0.5, 0.6) is 0 Å². The maximum absolute atomic E-state index is 12.0. The van der Waals surface area contributed by atoms with E-state index in [2.05, 4.69) is 17.4 Å². The van der Waals surface area contributed by atoms with Gasteiger partial charge in [0.25, 0.3) is 0 Å². The topological polar surface area (TPSA) is 64.3 Å². The molecule has 0 aliphatic heterocycles. The minimum absolute atomic E-state index is 0.0136. The third kappa shape index (κ3) is 6.17. The van der Waals surface area contributed by atoms with E-state index in [0.717, 1.165) is 12.8 Å². The highest BCUT2D eigenvalue weighted by Crippen LogP contribution is 2.14. The van der Waals surface area contributed by atoms with E-state index in [9.17, 15) is 4.79 Å². The SMILES string of the molecule is COC(CN)CC(=O)NC(C)(C)CCc1ccccc1. The molecule has 112 valence electrons. The lowest BCUT2D eigenvalue weighted by Crippen LogP contribution is -2.45. The summed E-state index contributed by atoms with van der Waals surface area (Å²) in [6.07, 6.45) is 1.93.